The number of amides is 3. The summed E-state index contributed by atoms with van der Waals surface area (Å²) in [7, 11) is 0. The van der Waals surface area contributed by atoms with Gasteiger partial charge in [0.25, 0.3) is 11.8 Å². The average molecular weight is 664 g/mol. The molecule has 3 rings (SSSR count). The lowest BCUT2D eigenvalue weighted by atomic mass is 9.83. The van der Waals surface area contributed by atoms with Crippen molar-refractivity contribution < 1.29 is 56.1 Å². The number of benzene rings is 1. The number of hydrogen-bond acceptors (Lipinski definition) is 7. The molecule has 0 bridgehead atoms. The van der Waals surface area contributed by atoms with Crippen LogP contribution >= 0.6 is 0 Å². The SMILES string of the molecule is CC(C)(C)OC(=O)N[C@@H]1C[C@H](C(=O)O)CC(F)(F)C1.CC(C)(C)OC(=O)N[C@@H]1C[C@H](NC(=O)OCc2ccccc2)CC(F)(F)C1. The highest BCUT2D eigenvalue weighted by molar-refractivity contribution is 5.71. The molecule has 0 saturated heterocycles. The standard InChI is InChI=1S/C19H26F2N2O4.C12H19F2NO4/c1-18(2,3)27-17(25)23-15-9-14(10-19(20,21)11-15)22-16(24)26-12-13-7-5-4-6-8-13;1-11(2,3)19-10(18)15-8-4-7(9(16)17)5-12(13,14)6-8/h4-8,14-15H,9-12H2,1-3H3,(H,22,24)(H,23,25);7-8H,4-6H2,1-3H3,(H,15,18)(H,16,17)/t14-,15+;7-,8+/m00/s1. The van der Waals surface area contributed by atoms with Crippen LogP contribution in [0, 0.1) is 5.92 Å². The maximum Gasteiger partial charge on any atom is 0.407 e. The van der Waals surface area contributed by atoms with Crippen LogP contribution in [0.15, 0.2) is 30.3 Å². The summed E-state index contributed by atoms with van der Waals surface area (Å²) in [6.45, 7) is 10.1. The Balaban J connectivity index is 0.000000341. The van der Waals surface area contributed by atoms with Gasteiger partial charge in [-0.15, -0.1) is 0 Å². The third kappa shape index (κ3) is 15.5. The molecule has 0 heterocycles. The zero-order valence-corrected chi connectivity index (χ0v) is 27.0. The quantitative estimate of drug-likeness (QED) is 0.202. The predicted molar refractivity (Wildman–Crippen MR) is 159 cm³/mol. The van der Waals surface area contributed by atoms with Crippen LogP contribution in [0.3, 0.4) is 0 Å². The van der Waals surface area contributed by atoms with E-state index in [9.17, 15) is 36.7 Å². The van der Waals surface area contributed by atoms with Gasteiger partial charge in [0.1, 0.15) is 17.8 Å². The second-order valence-electron chi connectivity index (χ2n) is 13.6. The van der Waals surface area contributed by atoms with Gasteiger partial charge in [-0.3, -0.25) is 4.79 Å². The van der Waals surface area contributed by atoms with E-state index in [0.717, 1.165) is 5.56 Å². The Kier molecular flexibility index (Phi) is 13.1. The van der Waals surface area contributed by atoms with E-state index in [-0.39, 0.29) is 19.4 Å². The largest absolute Gasteiger partial charge is 0.481 e. The van der Waals surface area contributed by atoms with E-state index >= 15 is 0 Å². The number of rotatable bonds is 6. The summed E-state index contributed by atoms with van der Waals surface area (Å²) in [4.78, 5) is 46.1. The van der Waals surface area contributed by atoms with Crippen molar-refractivity contribution >= 4 is 24.2 Å². The molecule has 11 nitrogen and oxygen atoms in total. The smallest absolute Gasteiger partial charge is 0.407 e. The van der Waals surface area contributed by atoms with E-state index in [1.54, 1.807) is 53.7 Å². The number of carboxylic acids is 1. The van der Waals surface area contributed by atoms with Crippen LogP contribution in [-0.4, -0.2) is 70.5 Å². The Morgan fingerprint density at radius 3 is 1.57 bits per heavy atom. The monoisotopic (exact) mass is 663 g/mol. The van der Waals surface area contributed by atoms with Crippen molar-refractivity contribution in [1.29, 1.82) is 0 Å². The fourth-order valence-electron chi connectivity index (χ4n) is 5.03. The molecule has 2 aliphatic carbocycles. The fourth-order valence-corrected chi connectivity index (χ4v) is 5.03. The van der Waals surface area contributed by atoms with E-state index < -0.39 is 97.0 Å². The molecule has 0 radical (unpaired) electrons. The minimum Gasteiger partial charge on any atom is -0.481 e. The van der Waals surface area contributed by atoms with Gasteiger partial charge in [-0.2, -0.15) is 0 Å². The lowest BCUT2D eigenvalue weighted by Crippen LogP contribution is -2.52. The molecule has 2 aliphatic rings. The predicted octanol–water partition coefficient (Wildman–Crippen LogP) is 6.39. The number of carboxylic acid groups (broad SMARTS) is 1. The van der Waals surface area contributed by atoms with Gasteiger partial charge in [0, 0.05) is 43.8 Å². The van der Waals surface area contributed by atoms with E-state index in [2.05, 4.69) is 16.0 Å². The molecule has 0 unspecified atom stereocenters. The zero-order chi connectivity index (χ0) is 34.9. The molecule has 260 valence electrons. The molecule has 2 fully saturated rings. The van der Waals surface area contributed by atoms with Crippen molar-refractivity contribution in [3.63, 3.8) is 0 Å². The first-order valence-electron chi connectivity index (χ1n) is 15.0. The molecule has 4 atom stereocenters. The first kappa shape index (κ1) is 38.4. The highest BCUT2D eigenvalue weighted by Gasteiger charge is 2.45. The summed E-state index contributed by atoms with van der Waals surface area (Å²) in [6, 6.07) is 6.55. The molecule has 2 saturated carbocycles. The number of halogens is 4. The van der Waals surface area contributed by atoms with Gasteiger partial charge in [-0.25, -0.2) is 31.9 Å². The van der Waals surface area contributed by atoms with Gasteiger partial charge in [-0.05, 0) is 59.9 Å². The number of nitrogens with one attached hydrogen (secondary N) is 3. The molecule has 15 heteroatoms. The normalized spacial score (nSPS) is 23.8. The van der Waals surface area contributed by atoms with Gasteiger partial charge in [-0.1, -0.05) is 30.3 Å². The molecule has 46 heavy (non-hydrogen) atoms. The second-order valence-corrected chi connectivity index (χ2v) is 13.6. The Bertz CT molecular complexity index is 1190. The van der Waals surface area contributed by atoms with Crippen molar-refractivity contribution in [2.75, 3.05) is 0 Å². The van der Waals surface area contributed by atoms with Crippen LogP contribution in [0.2, 0.25) is 0 Å². The summed E-state index contributed by atoms with van der Waals surface area (Å²) in [5.41, 5.74) is -0.653. The number of hydrogen-bond donors (Lipinski definition) is 4. The number of carbonyl (C=O) groups is 4. The van der Waals surface area contributed by atoms with Gasteiger partial charge >= 0.3 is 24.2 Å². The van der Waals surface area contributed by atoms with E-state index in [1.165, 1.54) is 0 Å². The highest BCUT2D eigenvalue weighted by atomic mass is 19.3. The zero-order valence-electron chi connectivity index (χ0n) is 27.0. The summed E-state index contributed by atoms with van der Waals surface area (Å²) in [6.07, 6.45) is -4.40. The molecule has 3 amide bonds. The highest BCUT2D eigenvalue weighted by Crippen LogP contribution is 2.37. The topological polar surface area (TPSA) is 152 Å². The Labute approximate surface area is 266 Å². The maximum absolute atomic E-state index is 14.0. The average Bonchev–Trinajstić information content (AvgIpc) is 2.84. The second kappa shape index (κ2) is 15.7. The Hall–Kier alpha value is -3.78. The van der Waals surface area contributed by atoms with Gasteiger partial charge in [0.15, 0.2) is 0 Å². The molecular weight excluding hydrogens is 618 g/mol. The maximum atomic E-state index is 14.0. The van der Waals surface area contributed by atoms with Crippen molar-refractivity contribution in [3.05, 3.63) is 35.9 Å². The van der Waals surface area contributed by atoms with Crippen LogP contribution in [-0.2, 0) is 25.6 Å². The fraction of sp³-hybridized carbons (Fsp3) is 0.677. The van der Waals surface area contributed by atoms with Crippen molar-refractivity contribution in [2.24, 2.45) is 5.92 Å². The molecule has 1 aromatic carbocycles. The number of aliphatic carboxylic acids is 1. The van der Waals surface area contributed by atoms with E-state index in [0.29, 0.717) is 0 Å². The molecule has 0 aliphatic heterocycles. The van der Waals surface area contributed by atoms with Crippen molar-refractivity contribution in [1.82, 2.24) is 16.0 Å². The number of alkyl carbamates (subject to hydrolysis) is 3. The number of carbonyl (C=O) groups excluding carboxylic acids is 3. The van der Waals surface area contributed by atoms with Crippen LogP contribution in [0.5, 0.6) is 0 Å². The van der Waals surface area contributed by atoms with Crippen LogP contribution < -0.4 is 16.0 Å². The molecular formula is C31H45F4N3O8. The first-order valence-corrected chi connectivity index (χ1v) is 15.0. The Morgan fingerprint density at radius 1 is 0.717 bits per heavy atom. The molecule has 4 N–H and O–H groups in total. The van der Waals surface area contributed by atoms with Gasteiger partial charge in [0.2, 0.25) is 0 Å². The van der Waals surface area contributed by atoms with Crippen molar-refractivity contribution in [3.8, 4) is 0 Å². The van der Waals surface area contributed by atoms with Gasteiger partial charge < -0.3 is 35.3 Å². The Morgan fingerprint density at radius 2 is 1.13 bits per heavy atom. The van der Waals surface area contributed by atoms with E-state index in [4.69, 9.17) is 19.3 Å². The van der Waals surface area contributed by atoms with E-state index in [1.807, 2.05) is 18.2 Å². The third-order valence-corrected chi connectivity index (χ3v) is 6.64. The van der Waals surface area contributed by atoms with Gasteiger partial charge in [0.05, 0.1) is 5.92 Å². The van der Waals surface area contributed by atoms with Crippen LogP contribution in [0.1, 0.15) is 85.6 Å². The van der Waals surface area contributed by atoms with Crippen molar-refractivity contribution in [2.45, 2.75) is 128 Å². The first-order chi connectivity index (χ1) is 21.0. The minimum absolute atomic E-state index is 0.00976. The molecule has 0 spiro atoms. The van der Waals surface area contributed by atoms with Crippen LogP contribution in [0.4, 0.5) is 31.9 Å². The lowest BCUT2D eigenvalue weighted by molar-refractivity contribution is -0.150. The van der Waals surface area contributed by atoms with Crippen LogP contribution in [0.25, 0.3) is 0 Å². The number of ether oxygens (including phenoxy) is 3. The summed E-state index contributed by atoms with van der Waals surface area (Å²) in [5, 5.41) is 16.1. The third-order valence-electron chi connectivity index (χ3n) is 6.64. The number of alkyl halides is 4. The molecule has 0 aromatic heterocycles. The molecule has 1 aromatic rings. The summed E-state index contributed by atoms with van der Waals surface area (Å²) >= 11 is 0. The summed E-state index contributed by atoms with van der Waals surface area (Å²) in [5.74, 6) is -8.50. The minimum atomic E-state index is -3.08. The lowest BCUT2D eigenvalue weighted by Gasteiger charge is -2.35. The summed E-state index contributed by atoms with van der Waals surface area (Å²) < 4.78 is 70.0.